The van der Waals surface area contributed by atoms with Crippen LogP contribution >= 0.6 is 0 Å². The molecule has 1 saturated heterocycles. The van der Waals surface area contributed by atoms with Crippen LogP contribution in [0.1, 0.15) is 0 Å². The summed E-state index contributed by atoms with van der Waals surface area (Å²) in [5, 5.41) is 22.7. The molecule has 3 heterocycles. The molecular weight excluding hydrogens is 794 g/mol. The van der Waals surface area contributed by atoms with Crippen molar-refractivity contribution in [3.8, 4) is 5.75 Å². The molecule has 0 spiro atoms. The monoisotopic (exact) mass is 814 g/mol. The van der Waals surface area contributed by atoms with Crippen LogP contribution in [0.3, 0.4) is 0 Å². The fourth-order valence-electron chi connectivity index (χ4n) is 5.02. The lowest BCUT2D eigenvalue weighted by atomic mass is 10.1. The topological polar surface area (TPSA) is 309 Å². The number of benzene rings is 3. The van der Waals surface area contributed by atoms with E-state index in [-0.39, 0.29) is 37.9 Å². The summed E-state index contributed by atoms with van der Waals surface area (Å²) in [7, 11) is -15.6. The number of phenols is 1. The molecule has 3 aromatic carbocycles. The Hall–Kier alpha value is -5.71. The number of phenolic OH excluding ortho intramolecular Hbond substituents is 1. The Morgan fingerprint density at radius 3 is 2.07 bits per heavy atom. The van der Waals surface area contributed by atoms with Crippen molar-refractivity contribution < 1.29 is 61.9 Å². The maximum absolute atomic E-state index is 14.6. The van der Waals surface area contributed by atoms with Gasteiger partial charge in [-0.05, 0) is 41.8 Å². The third-order valence-electron chi connectivity index (χ3n) is 7.27. The van der Waals surface area contributed by atoms with Crippen LogP contribution in [0.4, 0.5) is 53.6 Å². The lowest BCUT2D eigenvalue weighted by Gasteiger charge is -2.26. The standard InChI is InChI=1S/C27H21F3N10O11S3/c28-19-11-20(34-24(29)33-19)31-13-1-2-17(53(45,46)47)15(9-13)38-39-22-18(54(48,49)50)8-12-7-14(52(42,43)44)10-16(21(12)23(22)41)32-26-35-25(30)36-27(37-26)40-3-5-51-6-4-40/h1-2,7-11,41H,3-6H2,(H,31,33,34)(H,42,43,44)(H,45,46,47)(H,48,49,50)(H,32,35,36,37). The summed E-state index contributed by atoms with van der Waals surface area (Å²) >= 11 is 0. The molecule has 0 amide bonds. The minimum Gasteiger partial charge on any atom is -0.505 e. The fraction of sp³-hybridized carbons (Fsp3) is 0.148. The Morgan fingerprint density at radius 2 is 1.43 bits per heavy atom. The zero-order valence-electron chi connectivity index (χ0n) is 26.5. The van der Waals surface area contributed by atoms with Gasteiger partial charge in [0.2, 0.25) is 17.8 Å². The summed E-state index contributed by atoms with van der Waals surface area (Å²) in [6.07, 6.45) is -2.76. The highest BCUT2D eigenvalue weighted by Crippen LogP contribution is 2.46. The lowest BCUT2D eigenvalue weighted by Crippen LogP contribution is -2.37. The summed E-state index contributed by atoms with van der Waals surface area (Å²) in [6.45, 7) is 1.03. The van der Waals surface area contributed by atoms with Crippen LogP contribution in [0.5, 0.6) is 5.75 Å². The summed E-state index contributed by atoms with van der Waals surface area (Å²) in [5.74, 6) is -3.64. The highest BCUT2D eigenvalue weighted by molar-refractivity contribution is 7.86. The molecule has 0 aliphatic carbocycles. The Bertz CT molecular complexity index is 2680. The fourth-order valence-corrected chi connectivity index (χ4v) is 6.82. The van der Waals surface area contributed by atoms with E-state index in [2.05, 4.69) is 45.8 Å². The van der Waals surface area contributed by atoms with E-state index in [1.54, 1.807) is 0 Å². The number of nitrogens with one attached hydrogen (secondary N) is 2. The van der Waals surface area contributed by atoms with Gasteiger partial charge in [-0.2, -0.15) is 63.3 Å². The average Bonchev–Trinajstić information content (AvgIpc) is 3.06. The van der Waals surface area contributed by atoms with Crippen molar-refractivity contribution in [3.63, 3.8) is 0 Å². The molecule has 0 saturated carbocycles. The predicted octanol–water partition coefficient (Wildman–Crippen LogP) is 3.42. The van der Waals surface area contributed by atoms with E-state index in [1.807, 2.05) is 0 Å². The maximum Gasteiger partial charge on any atom is 0.315 e. The van der Waals surface area contributed by atoms with Gasteiger partial charge in [0.1, 0.15) is 27.0 Å². The molecular formula is C27H21F3N10O11S3. The number of aromatic nitrogens is 5. The molecule has 27 heteroatoms. The number of azo groups is 1. The van der Waals surface area contributed by atoms with E-state index >= 15 is 0 Å². The number of hydrogen-bond acceptors (Lipinski definition) is 18. The van der Waals surface area contributed by atoms with E-state index in [4.69, 9.17) is 4.74 Å². The van der Waals surface area contributed by atoms with Gasteiger partial charge in [-0.15, -0.1) is 10.2 Å². The van der Waals surface area contributed by atoms with Crippen LogP contribution in [0.2, 0.25) is 0 Å². The zero-order valence-corrected chi connectivity index (χ0v) is 28.9. The summed E-state index contributed by atoms with van der Waals surface area (Å²) in [6, 6.07) is 5.32. The zero-order chi connectivity index (χ0) is 39.2. The number of halogens is 3. The minimum absolute atomic E-state index is 0.169. The van der Waals surface area contributed by atoms with Crippen molar-refractivity contribution in [1.82, 2.24) is 24.9 Å². The predicted molar refractivity (Wildman–Crippen MR) is 177 cm³/mol. The van der Waals surface area contributed by atoms with Crippen molar-refractivity contribution in [2.24, 2.45) is 10.2 Å². The number of nitrogens with zero attached hydrogens (tertiary/aromatic N) is 8. The molecule has 6 rings (SSSR count). The number of fused-ring (bicyclic) bond motifs is 1. The van der Waals surface area contributed by atoms with Crippen molar-refractivity contribution in [2.45, 2.75) is 14.7 Å². The van der Waals surface area contributed by atoms with Crippen molar-refractivity contribution in [2.75, 3.05) is 41.8 Å². The third-order valence-corrected chi connectivity index (χ3v) is 9.87. The molecule has 1 aliphatic heterocycles. The molecule has 0 bridgehead atoms. The van der Waals surface area contributed by atoms with Crippen molar-refractivity contribution >= 4 is 81.6 Å². The quantitative estimate of drug-likeness (QED) is 0.0509. The number of aromatic hydroxyl groups is 1. The van der Waals surface area contributed by atoms with Crippen molar-refractivity contribution in [1.29, 1.82) is 0 Å². The van der Waals surface area contributed by atoms with Gasteiger partial charge in [-0.3, -0.25) is 13.7 Å². The molecule has 1 fully saturated rings. The summed E-state index contributed by atoms with van der Waals surface area (Å²) < 4.78 is 151. The molecule has 21 nitrogen and oxygen atoms in total. The van der Waals surface area contributed by atoms with E-state index in [0.29, 0.717) is 18.2 Å². The van der Waals surface area contributed by atoms with Gasteiger partial charge in [0.25, 0.3) is 30.4 Å². The van der Waals surface area contributed by atoms with Crippen LogP contribution in [-0.4, -0.2) is 95.2 Å². The molecule has 2 aromatic heterocycles. The number of ether oxygens (including phenoxy) is 1. The Morgan fingerprint density at radius 1 is 0.741 bits per heavy atom. The second-order valence-corrected chi connectivity index (χ2v) is 15.1. The molecule has 0 radical (unpaired) electrons. The van der Waals surface area contributed by atoms with E-state index in [0.717, 1.165) is 24.3 Å². The first kappa shape index (κ1) is 38.0. The lowest BCUT2D eigenvalue weighted by molar-refractivity contribution is 0.122. The second-order valence-electron chi connectivity index (χ2n) is 10.9. The van der Waals surface area contributed by atoms with Gasteiger partial charge in [-0.1, -0.05) is 0 Å². The van der Waals surface area contributed by atoms with Gasteiger partial charge in [0.05, 0.1) is 23.8 Å². The normalized spacial score (nSPS) is 14.1. The third kappa shape index (κ3) is 8.40. The molecule has 6 N–H and O–H groups in total. The minimum atomic E-state index is -5.40. The number of hydrogen-bond donors (Lipinski definition) is 6. The summed E-state index contributed by atoms with van der Waals surface area (Å²) in [5.41, 5.74) is -2.54. The molecule has 284 valence electrons. The Balaban J connectivity index is 1.53. The Labute approximate surface area is 300 Å². The molecule has 5 aromatic rings. The van der Waals surface area contributed by atoms with E-state index in [9.17, 15) is 57.2 Å². The number of rotatable bonds is 10. The largest absolute Gasteiger partial charge is 0.505 e. The first-order chi connectivity index (χ1) is 25.3. The number of anilines is 5. The van der Waals surface area contributed by atoms with Crippen LogP contribution < -0.4 is 15.5 Å². The Kier molecular flexibility index (Phi) is 10.0. The van der Waals surface area contributed by atoms with Crippen LogP contribution in [-0.2, 0) is 35.1 Å². The van der Waals surface area contributed by atoms with Gasteiger partial charge in [0, 0.05) is 30.2 Å². The number of morpholine rings is 1. The van der Waals surface area contributed by atoms with Gasteiger partial charge in [0.15, 0.2) is 5.75 Å². The summed E-state index contributed by atoms with van der Waals surface area (Å²) in [4.78, 5) is 15.9. The highest BCUT2D eigenvalue weighted by atomic mass is 32.2. The van der Waals surface area contributed by atoms with Gasteiger partial charge < -0.3 is 25.4 Å². The van der Waals surface area contributed by atoms with Gasteiger partial charge in [-0.25, -0.2) is 0 Å². The smallest absolute Gasteiger partial charge is 0.315 e. The van der Waals surface area contributed by atoms with Crippen molar-refractivity contribution in [3.05, 3.63) is 60.6 Å². The second kappa shape index (κ2) is 14.3. The SMILES string of the molecule is O=S(=O)(O)c1cc(Nc2nc(F)nc(N3CCOCC3)n2)c2c(O)c(N=Nc3cc(Nc4cc(F)nc(F)n4)ccc3S(=O)(=O)O)c(S(=O)(=O)O)cc2c1. The first-order valence-electron chi connectivity index (χ1n) is 14.6. The van der Waals surface area contributed by atoms with E-state index < -0.39 is 108 Å². The first-order valence-corrected chi connectivity index (χ1v) is 18.9. The van der Waals surface area contributed by atoms with Crippen LogP contribution in [0, 0.1) is 18.1 Å². The molecule has 54 heavy (non-hydrogen) atoms. The molecule has 0 atom stereocenters. The highest BCUT2D eigenvalue weighted by Gasteiger charge is 2.27. The van der Waals surface area contributed by atoms with E-state index in [1.165, 1.54) is 4.90 Å². The maximum atomic E-state index is 14.6. The van der Waals surface area contributed by atoms with Crippen LogP contribution in [0.25, 0.3) is 10.8 Å². The van der Waals surface area contributed by atoms with Gasteiger partial charge >= 0.3 is 12.2 Å². The average molecular weight is 815 g/mol. The molecule has 0 unspecified atom stereocenters. The molecule has 1 aliphatic rings. The van der Waals surface area contributed by atoms with Crippen LogP contribution in [0.15, 0.2) is 67.4 Å².